The van der Waals surface area contributed by atoms with Crippen molar-refractivity contribution in [2.45, 2.75) is 26.4 Å². The SMILES string of the molecule is COCCC(C)C(O)c1cc(C)c(Br)s1. The second kappa shape index (κ2) is 5.99. The van der Waals surface area contributed by atoms with E-state index in [1.165, 1.54) is 5.56 Å². The maximum atomic E-state index is 10.1. The number of aliphatic hydroxyl groups is 1. The lowest BCUT2D eigenvalue weighted by Crippen LogP contribution is -2.10. The van der Waals surface area contributed by atoms with Crippen molar-refractivity contribution in [3.05, 3.63) is 20.3 Å². The zero-order valence-corrected chi connectivity index (χ0v) is 11.7. The quantitative estimate of drug-likeness (QED) is 0.900. The predicted molar refractivity (Wildman–Crippen MR) is 67.4 cm³/mol. The summed E-state index contributed by atoms with van der Waals surface area (Å²) in [5.74, 6) is 0.231. The highest BCUT2D eigenvalue weighted by Gasteiger charge is 2.18. The highest BCUT2D eigenvalue weighted by atomic mass is 79.9. The zero-order valence-electron chi connectivity index (χ0n) is 9.29. The van der Waals surface area contributed by atoms with Gasteiger partial charge in [-0.2, -0.15) is 0 Å². The van der Waals surface area contributed by atoms with Gasteiger partial charge in [0.25, 0.3) is 0 Å². The minimum Gasteiger partial charge on any atom is -0.387 e. The van der Waals surface area contributed by atoms with Crippen LogP contribution in [0.25, 0.3) is 0 Å². The second-order valence-electron chi connectivity index (χ2n) is 3.81. The Kier molecular flexibility index (Phi) is 5.26. The Morgan fingerprint density at radius 2 is 2.27 bits per heavy atom. The molecule has 1 rings (SSSR count). The summed E-state index contributed by atoms with van der Waals surface area (Å²) in [6, 6.07) is 2.04. The van der Waals surface area contributed by atoms with Crippen LogP contribution in [0.15, 0.2) is 9.85 Å². The Morgan fingerprint density at radius 1 is 1.60 bits per heavy atom. The monoisotopic (exact) mass is 292 g/mol. The van der Waals surface area contributed by atoms with Crippen LogP contribution in [-0.2, 0) is 4.74 Å². The molecule has 0 aliphatic heterocycles. The molecule has 0 radical (unpaired) electrons. The summed E-state index contributed by atoms with van der Waals surface area (Å²) in [7, 11) is 1.69. The molecule has 1 aromatic heterocycles. The molecule has 2 nitrogen and oxygen atoms in total. The Labute approximate surface area is 103 Å². The first kappa shape index (κ1) is 13.2. The number of hydrogen-bond donors (Lipinski definition) is 1. The summed E-state index contributed by atoms with van der Waals surface area (Å²) < 4.78 is 6.12. The maximum Gasteiger partial charge on any atom is 0.0908 e. The number of ether oxygens (including phenoxy) is 1. The second-order valence-corrected chi connectivity index (χ2v) is 6.21. The lowest BCUT2D eigenvalue weighted by atomic mass is 10.00. The highest BCUT2D eigenvalue weighted by Crippen LogP contribution is 2.35. The van der Waals surface area contributed by atoms with E-state index in [0.717, 1.165) is 15.1 Å². The zero-order chi connectivity index (χ0) is 11.4. The van der Waals surface area contributed by atoms with Crippen LogP contribution in [0.3, 0.4) is 0 Å². The van der Waals surface area contributed by atoms with E-state index in [1.807, 2.05) is 19.9 Å². The first-order valence-corrected chi connectivity index (χ1v) is 6.60. The molecule has 0 aliphatic rings. The molecule has 0 saturated heterocycles. The van der Waals surface area contributed by atoms with Crippen LogP contribution < -0.4 is 0 Å². The van der Waals surface area contributed by atoms with Crippen molar-refractivity contribution >= 4 is 27.3 Å². The molecule has 0 fully saturated rings. The van der Waals surface area contributed by atoms with Crippen LogP contribution in [0, 0.1) is 12.8 Å². The van der Waals surface area contributed by atoms with Gasteiger partial charge in [0.2, 0.25) is 0 Å². The predicted octanol–water partition coefficient (Wildman–Crippen LogP) is 3.53. The van der Waals surface area contributed by atoms with E-state index in [-0.39, 0.29) is 12.0 Å². The molecule has 0 spiro atoms. The number of halogens is 1. The van der Waals surface area contributed by atoms with Crippen LogP contribution >= 0.6 is 27.3 Å². The number of rotatable bonds is 5. The Bertz CT molecular complexity index is 292. The Morgan fingerprint density at radius 3 is 2.73 bits per heavy atom. The van der Waals surface area contributed by atoms with Crippen molar-refractivity contribution in [1.29, 1.82) is 0 Å². The number of thiophene rings is 1. The molecule has 0 aliphatic carbocycles. The van der Waals surface area contributed by atoms with E-state index < -0.39 is 0 Å². The fourth-order valence-corrected chi connectivity index (χ4v) is 3.06. The summed E-state index contributed by atoms with van der Waals surface area (Å²) in [4.78, 5) is 1.03. The van der Waals surface area contributed by atoms with Crippen LogP contribution in [0.1, 0.15) is 29.9 Å². The minimum absolute atomic E-state index is 0.231. The van der Waals surface area contributed by atoms with E-state index in [2.05, 4.69) is 15.9 Å². The maximum absolute atomic E-state index is 10.1. The van der Waals surface area contributed by atoms with Gasteiger partial charge in [-0.05, 0) is 46.8 Å². The highest BCUT2D eigenvalue weighted by molar-refractivity contribution is 9.11. The van der Waals surface area contributed by atoms with E-state index in [4.69, 9.17) is 4.74 Å². The van der Waals surface area contributed by atoms with Gasteiger partial charge in [-0.15, -0.1) is 11.3 Å². The Hall–Kier alpha value is 0.1000. The first-order chi connectivity index (χ1) is 7.06. The van der Waals surface area contributed by atoms with E-state index in [1.54, 1.807) is 18.4 Å². The summed E-state index contributed by atoms with van der Waals surface area (Å²) in [6.07, 6.45) is 0.502. The Balaban J connectivity index is 2.62. The molecular weight excluding hydrogens is 276 g/mol. The van der Waals surface area contributed by atoms with Gasteiger partial charge in [0.05, 0.1) is 9.89 Å². The number of methoxy groups -OCH3 is 1. The van der Waals surface area contributed by atoms with Crippen molar-refractivity contribution in [3.63, 3.8) is 0 Å². The standard InChI is InChI=1S/C11H17BrO2S/c1-7(4-5-14-3)10(13)9-6-8(2)11(12)15-9/h6-7,10,13H,4-5H2,1-3H3. The first-order valence-electron chi connectivity index (χ1n) is 4.99. The molecule has 2 atom stereocenters. The van der Waals surface area contributed by atoms with E-state index in [9.17, 15) is 5.11 Å². The van der Waals surface area contributed by atoms with Gasteiger partial charge < -0.3 is 9.84 Å². The molecule has 0 aromatic carbocycles. The lowest BCUT2D eigenvalue weighted by molar-refractivity contribution is 0.0911. The van der Waals surface area contributed by atoms with Crippen LogP contribution in [0.4, 0.5) is 0 Å². The number of hydrogen-bond acceptors (Lipinski definition) is 3. The topological polar surface area (TPSA) is 29.5 Å². The van der Waals surface area contributed by atoms with Gasteiger partial charge in [0.15, 0.2) is 0 Å². The van der Waals surface area contributed by atoms with Crippen LogP contribution in [-0.4, -0.2) is 18.8 Å². The van der Waals surface area contributed by atoms with Gasteiger partial charge in [-0.25, -0.2) is 0 Å². The van der Waals surface area contributed by atoms with Gasteiger partial charge in [0.1, 0.15) is 0 Å². The minimum atomic E-state index is -0.379. The molecule has 0 saturated carbocycles. The van der Waals surface area contributed by atoms with Crippen molar-refractivity contribution < 1.29 is 9.84 Å². The smallest absolute Gasteiger partial charge is 0.0908 e. The average molecular weight is 293 g/mol. The van der Waals surface area contributed by atoms with E-state index >= 15 is 0 Å². The van der Waals surface area contributed by atoms with Crippen molar-refractivity contribution in [2.75, 3.05) is 13.7 Å². The molecule has 1 heterocycles. The van der Waals surface area contributed by atoms with Gasteiger partial charge in [-0.3, -0.25) is 0 Å². The van der Waals surface area contributed by atoms with Gasteiger partial charge in [-0.1, -0.05) is 6.92 Å². The molecule has 15 heavy (non-hydrogen) atoms. The normalized spacial score (nSPS) is 15.3. The summed E-state index contributed by atoms with van der Waals surface area (Å²) >= 11 is 5.08. The van der Waals surface area contributed by atoms with Gasteiger partial charge in [0, 0.05) is 18.6 Å². The van der Waals surface area contributed by atoms with Crippen molar-refractivity contribution in [2.24, 2.45) is 5.92 Å². The molecule has 2 unspecified atom stereocenters. The summed E-state index contributed by atoms with van der Waals surface area (Å²) in [6.45, 7) is 4.78. The molecule has 0 bridgehead atoms. The molecule has 0 amide bonds. The van der Waals surface area contributed by atoms with E-state index in [0.29, 0.717) is 6.61 Å². The van der Waals surface area contributed by atoms with Crippen molar-refractivity contribution in [1.82, 2.24) is 0 Å². The third-order valence-corrected chi connectivity index (χ3v) is 4.69. The van der Waals surface area contributed by atoms with Crippen LogP contribution in [0.5, 0.6) is 0 Å². The number of aryl methyl sites for hydroxylation is 1. The third-order valence-electron chi connectivity index (χ3n) is 2.48. The molecule has 1 aromatic rings. The lowest BCUT2D eigenvalue weighted by Gasteiger charge is -2.16. The molecule has 4 heteroatoms. The summed E-state index contributed by atoms with van der Waals surface area (Å²) in [5, 5.41) is 10.1. The largest absolute Gasteiger partial charge is 0.387 e. The van der Waals surface area contributed by atoms with Gasteiger partial charge >= 0.3 is 0 Å². The molecular formula is C11H17BrO2S. The fourth-order valence-electron chi connectivity index (χ4n) is 1.37. The average Bonchev–Trinajstić information content (AvgIpc) is 2.54. The summed E-state index contributed by atoms with van der Waals surface area (Å²) in [5.41, 5.74) is 1.19. The number of aliphatic hydroxyl groups excluding tert-OH is 1. The molecule has 86 valence electrons. The molecule has 1 N–H and O–H groups in total. The van der Waals surface area contributed by atoms with Crippen LogP contribution in [0.2, 0.25) is 0 Å². The fraction of sp³-hybridized carbons (Fsp3) is 0.636. The third kappa shape index (κ3) is 3.55. The van der Waals surface area contributed by atoms with Crippen molar-refractivity contribution in [3.8, 4) is 0 Å².